The van der Waals surface area contributed by atoms with Gasteiger partial charge >= 0.3 is 0 Å². The molecule has 2 aliphatic rings. The number of benzene rings is 1. The van der Waals surface area contributed by atoms with Crippen molar-refractivity contribution in [3.63, 3.8) is 0 Å². The molecule has 24 heavy (non-hydrogen) atoms. The molecule has 2 fully saturated rings. The average Bonchev–Trinajstić information content (AvgIpc) is 3.19. The summed E-state index contributed by atoms with van der Waals surface area (Å²) in [7, 11) is 0. The first kappa shape index (κ1) is 17.2. The van der Waals surface area contributed by atoms with Crippen molar-refractivity contribution in [3.05, 3.63) is 35.9 Å². The Morgan fingerprint density at radius 1 is 1.33 bits per heavy atom. The molecular weight excluding hydrogens is 296 g/mol. The van der Waals surface area contributed by atoms with Gasteiger partial charge in [-0.3, -0.25) is 4.79 Å². The quantitative estimate of drug-likeness (QED) is 0.814. The van der Waals surface area contributed by atoms with Crippen LogP contribution in [0.15, 0.2) is 24.8 Å². The first-order chi connectivity index (χ1) is 11.7. The maximum atomic E-state index is 13.0. The van der Waals surface area contributed by atoms with E-state index in [1.165, 1.54) is 24.8 Å². The van der Waals surface area contributed by atoms with Crippen LogP contribution in [0, 0.1) is 11.8 Å². The number of rotatable bonds is 6. The van der Waals surface area contributed by atoms with Gasteiger partial charge in [-0.05, 0) is 55.2 Å². The van der Waals surface area contributed by atoms with E-state index in [0.29, 0.717) is 11.8 Å². The topological polar surface area (TPSA) is 41.1 Å². The molecule has 130 valence electrons. The van der Waals surface area contributed by atoms with Crippen molar-refractivity contribution in [2.24, 2.45) is 11.8 Å². The van der Waals surface area contributed by atoms with Crippen molar-refractivity contribution in [1.82, 2.24) is 5.32 Å². The molecule has 1 heterocycles. The lowest BCUT2D eigenvalue weighted by molar-refractivity contribution is -0.118. The lowest BCUT2D eigenvalue weighted by Gasteiger charge is -2.21. The van der Waals surface area contributed by atoms with Crippen molar-refractivity contribution in [1.29, 1.82) is 0 Å². The van der Waals surface area contributed by atoms with Gasteiger partial charge in [0.15, 0.2) is 0 Å². The van der Waals surface area contributed by atoms with Gasteiger partial charge in [0.05, 0.1) is 11.7 Å². The van der Waals surface area contributed by atoms with E-state index >= 15 is 0 Å². The molecule has 1 amide bonds. The van der Waals surface area contributed by atoms with Crippen LogP contribution in [0.5, 0.6) is 0 Å². The Kier molecular flexibility index (Phi) is 5.40. The van der Waals surface area contributed by atoms with Gasteiger partial charge < -0.3 is 10.6 Å². The van der Waals surface area contributed by atoms with Crippen LogP contribution in [0.25, 0.3) is 5.57 Å². The minimum atomic E-state index is -0.0325. The third kappa shape index (κ3) is 3.27. The summed E-state index contributed by atoms with van der Waals surface area (Å²) in [6, 6.07) is 6.26. The van der Waals surface area contributed by atoms with Crippen LogP contribution in [0.3, 0.4) is 0 Å². The maximum absolute atomic E-state index is 13.0. The predicted molar refractivity (Wildman–Crippen MR) is 101 cm³/mol. The third-order valence-electron chi connectivity index (χ3n) is 5.75. The van der Waals surface area contributed by atoms with E-state index in [1.807, 2.05) is 0 Å². The molecule has 0 spiro atoms. The van der Waals surface area contributed by atoms with Crippen molar-refractivity contribution in [2.75, 3.05) is 11.9 Å². The summed E-state index contributed by atoms with van der Waals surface area (Å²) in [5.74, 6) is 1.34. The molecule has 1 saturated heterocycles. The summed E-state index contributed by atoms with van der Waals surface area (Å²) in [5.41, 5.74) is 4.39. The summed E-state index contributed by atoms with van der Waals surface area (Å²) in [4.78, 5) is 13.0. The minimum Gasteiger partial charge on any atom is -0.324 e. The van der Waals surface area contributed by atoms with E-state index in [0.717, 1.165) is 42.6 Å². The number of anilines is 1. The van der Waals surface area contributed by atoms with E-state index in [9.17, 15) is 4.79 Å². The predicted octanol–water partition coefficient (Wildman–Crippen LogP) is 4.39. The second-order valence-electron chi connectivity index (χ2n) is 7.28. The summed E-state index contributed by atoms with van der Waals surface area (Å²) in [6.45, 7) is 9.48. The van der Waals surface area contributed by atoms with Gasteiger partial charge in [-0.2, -0.15) is 0 Å². The van der Waals surface area contributed by atoms with E-state index in [-0.39, 0.29) is 11.9 Å². The molecule has 3 atom stereocenters. The molecule has 0 bridgehead atoms. The summed E-state index contributed by atoms with van der Waals surface area (Å²) in [6.07, 6.45) is 6.66. The molecule has 1 unspecified atom stereocenters. The second-order valence-corrected chi connectivity index (χ2v) is 7.28. The highest BCUT2D eigenvalue weighted by Crippen LogP contribution is 2.38. The maximum Gasteiger partial charge on any atom is 0.241 e. The Labute approximate surface area is 145 Å². The molecule has 1 saturated carbocycles. The van der Waals surface area contributed by atoms with Gasteiger partial charge in [-0.15, -0.1) is 0 Å². The van der Waals surface area contributed by atoms with Crippen molar-refractivity contribution in [3.8, 4) is 0 Å². The number of hydrogen-bond acceptors (Lipinski definition) is 2. The lowest BCUT2D eigenvalue weighted by Crippen LogP contribution is -2.40. The van der Waals surface area contributed by atoms with Gasteiger partial charge in [0.1, 0.15) is 0 Å². The molecule has 1 aliphatic heterocycles. The largest absolute Gasteiger partial charge is 0.324 e. The van der Waals surface area contributed by atoms with Crippen LogP contribution < -0.4 is 10.6 Å². The fourth-order valence-corrected chi connectivity index (χ4v) is 4.39. The highest BCUT2D eigenvalue weighted by Gasteiger charge is 2.42. The Bertz CT molecular complexity index is 622. The fraction of sp³-hybridized carbons (Fsp3) is 0.571. The lowest BCUT2D eigenvalue weighted by atomic mass is 9.93. The number of amides is 1. The van der Waals surface area contributed by atoms with E-state index in [4.69, 9.17) is 0 Å². The first-order valence-corrected chi connectivity index (χ1v) is 9.50. The molecule has 2 N–H and O–H groups in total. The van der Waals surface area contributed by atoms with Crippen LogP contribution >= 0.6 is 0 Å². The highest BCUT2D eigenvalue weighted by atomic mass is 16.2. The highest BCUT2D eigenvalue weighted by molar-refractivity contribution is 5.98. The summed E-state index contributed by atoms with van der Waals surface area (Å²) < 4.78 is 0. The Morgan fingerprint density at radius 2 is 2.17 bits per heavy atom. The number of carbonyl (C=O) groups is 1. The normalized spacial score (nSPS) is 25.5. The number of para-hydroxylation sites is 1. The van der Waals surface area contributed by atoms with Gasteiger partial charge in [0.25, 0.3) is 0 Å². The minimum absolute atomic E-state index is 0.0325. The molecule has 3 nitrogen and oxygen atoms in total. The number of fused-ring (bicyclic) bond motifs is 1. The molecule has 1 aromatic carbocycles. The Hall–Kier alpha value is -1.61. The van der Waals surface area contributed by atoms with Gasteiger partial charge in [0.2, 0.25) is 5.91 Å². The fourth-order valence-electron chi connectivity index (χ4n) is 4.39. The molecule has 0 aromatic heterocycles. The summed E-state index contributed by atoms with van der Waals surface area (Å²) >= 11 is 0. The van der Waals surface area contributed by atoms with Crippen LogP contribution in [-0.4, -0.2) is 18.5 Å². The van der Waals surface area contributed by atoms with Crippen molar-refractivity contribution in [2.45, 2.75) is 58.4 Å². The number of nitrogens with one attached hydrogen (secondary N) is 2. The average molecular weight is 326 g/mol. The smallest absolute Gasteiger partial charge is 0.241 e. The van der Waals surface area contributed by atoms with Crippen LogP contribution in [0.1, 0.15) is 57.1 Å². The van der Waals surface area contributed by atoms with Crippen molar-refractivity contribution < 1.29 is 4.79 Å². The molecule has 3 rings (SSSR count). The zero-order chi connectivity index (χ0) is 17.1. The molecule has 0 radical (unpaired) electrons. The SMILES string of the molecule is C=C(CC)c1cccc(CCC)c1NC(=O)C1NC[C@H]2CCC[C@@H]12. The van der Waals surface area contributed by atoms with Crippen LogP contribution in [0.2, 0.25) is 0 Å². The molecular formula is C21H30N2O. The summed E-state index contributed by atoms with van der Waals surface area (Å²) in [5, 5.41) is 6.73. The molecule has 1 aliphatic carbocycles. The van der Waals surface area contributed by atoms with Crippen LogP contribution in [-0.2, 0) is 11.2 Å². The van der Waals surface area contributed by atoms with Gasteiger partial charge in [0, 0.05) is 5.56 Å². The Morgan fingerprint density at radius 3 is 2.92 bits per heavy atom. The molecule has 3 heteroatoms. The Balaban J connectivity index is 1.85. The number of aryl methyl sites for hydroxylation is 1. The van der Waals surface area contributed by atoms with Gasteiger partial charge in [-0.25, -0.2) is 0 Å². The first-order valence-electron chi connectivity index (χ1n) is 9.50. The standard InChI is InChI=1S/C21H30N2O/c1-4-8-15-9-6-11-17(14(3)5-2)19(15)23-21(24)20-18-12-7-10-16(18)13-22-20/h6,9,11,16,18,20,22H,3-5,7-8,10,12-13H2,1-2H3,(H,23,24)/t16-,18-,20?/m1/s1. The monoisotopic (exact) mass is 326 g/mol. The van der Waals surface area contributed by atoms with Crippen LogP contribution in [0.4, 0.5) is 5.69 Å². The van der Waals surface area contributed by atoms with E-state index in [1.54, 1.807) is 0 Å². The van der Waals surface area contributed by atoms with E-state index < -0.39 is 0 Å². The number of carbonyl (C=O) groups excluding carboxylic acids is 1. The second kappa shape index (κ2) is 7.52. The number of allylic oxidation sites excluding steroid dienone is 1. The number of hydrogen-bond donors (Lipinski definition) is 2. The zero-order valence-electron chi connectivity index (χ0n) is 15.0. The third-order valence-corrected chi connectivity index (χ3v) is 5.75. The molecule has 1 aromatic rings. The van der Waals surface area contributed by atoms with Crippen molar-refractivity contribution >= 4 is 17.2 Å². The van der Waals surface area contributed by atoms with Gasteiger partial charge in [-0.1, -0.05) is 51.5 Å². The van der Waals surface area contributed by atoms with E-state index in [2.05, 4.69) is 49.3 Å². The zero-order valence-corrected chi connectivity index (χ0v) is 15.0.